The zero-order valence-corrected chi connectivity index (χ0v) is 16.4. The van der Waals surface area contributed by atoms with Gasteiger partial charge in [-0.25, -0.2) is 4.79 Å². The molecular formula is C17H34N2O3S. The zero-order chi connectivity index (χ0) is 17.5. The molecule has 0 aliphatic carbocycles. The molecule has 1 fully saturated rings. The van der Waals surface area contributed by atoms with E-state index in [0.717, 1.165) is 18.7 Å². The van der Waals surface area contributed by atoms with Crippen LogP contribution in [-0.2, 0) is 9.47 Å². The highest BCUT2D eigenvalue weighted by Crippen LogP contribution is 2.17. The van der Waals surface area contributed by atoms with Gasteiger partial charge in [-0.15, -0.1) is 0 Å². The average molecular weight is 347 g/mol. The van der Waals surface area contributed by atoms with Gasteiger partial charge in [0, 0.05) is 12.6 Å². The van der Waals surface area contributed by atoms with Crippen LogP contribution < -0.4 is 5.32 Å². The third kappa shape index (κ3) is 8.27. The van der Waals surface area contributed by atoms with Gasteiger partial charge in [-0.05, 0) is 58.6 Å². The van der Waals surface area contributed by atoms with Crippen LogP contribution >= 0.6 is 11.8 Å². The molecule has 1 amide bonds. The van der Waals surface area contributed by atoms with Gasteiger partial charge in [0.1, 0.15) is 5.60 Å². The van der Waals surface area contributed by atoms with Crippen LogP contribution in [0.3, 0.4) is 0 Å². The summed E-state index contributed by atoms with van der Waals surface area (Å²) in [4.78, 5) is 14.2. The second kappa shape index (κ2) is 9.74. The van der Waals surface area contributed by atoms with Crippen molar-refractivity contribution in [3.8, 4) is 0 Å². The van der Waals surface area contributed by atoms with E-state index in [9.17, 15) is 4.79 Å². The lowest BCUT2D eigenvalue weighted by molar-refractivity contribution is -0.0356. The van der Waals surface area contributed by atoms with E-state index in [0.29, 0.717) is 31.7 Å². The van der Waals surface area contributed by atoms with Crippen LogP contribution in [0.2, 0.25) is 0 Å². The van der Waals surface area contributed by atoms with Gasteiger partial charge in [0.25, 0.3) is 0 Å². The fourth-order valence-corrected chi connectivity index (χ4v) is 3.34. The van der Waals surface area contributed by atoms with Gasteiger partial charge in [-0.1, -0.05) is 6.92 Å². The Morgan fingerprint density at radius 3 is 2.74 bits per heavy atom. The molecule has 0 radical (unpaired) electrons. The van der Waals surface area contributed by atoms with Gasteiger partial charge in [-0.3, -0.25) is 0 Å². The summed E-state index contributed by atoms with van der Waals surface area (Å²) < 4.78 is 11.1. The largest absolute Gasteiger partial charge is 0.444 e. The number of carbonyl (C=O) groups is 1. The number of ether oxygens (including phenoxy) is 2. The minimum atomic E-state index is -0.461. The number of hydrogen-bond donors (Lipinski definition) is 1. The molecule has 3 atom stereocenters. The van der Waals surface area contributed by atoms with Crippen molar-refractivity contribution in [1.82, 2.24) is 10.2 Å². The van der Waals surface area contributed by atoms with Crippen molar-refractivity contribution in [3.05, 3.63) is 0 Å². The third-order valence-electron chi connectivity index (χ3n) is 3.75. The zero-order valence-electron chi connectivity index (χ0n) is 15.6. The molecule has 0 spiro atoms. The molecule has 6 heteroatoms. The molecule has 0 unspecified atom stereocenters. The summed E-state index contributed by atoms with van der Waals surface area (Å²) >= 11 is 1.88. The van der Waals surface area contributed by atoms with Crippen LogP contribution in [0.5, 0.6) is 0 Å². The Balaban J connectivity index is 2.49. The lowest BCUT2D eigenvalue weighted by Gasteiger charge is -2.37. The van der Waals surface area contributed by atoms with Gasteiger partial charge in [0.2, 0.25) is 0 Å². The molecule has 0 saturated carbocycles. The summed E-state index contributed by atoms with van der Waals surface area (Å²) in [7, 11) is 0. The summed E-state index contributed by atoms with van der Waals surface area (Å²) in [6.45, 7) is 12.9. The number of nitrogens with zero attached hydrogens (tertiary/aromatic N) is 1. The Bertz CT molecular complexity index is 360. The SMILES string of the molecule is CSC[C@H](C)CN[C@@H](C)C[C@@H]1COCCN1C(=O)OC(C)(C)C. The Hall–Kier alpha value is -0.460. The number of amides is 1. The molecule has 1 aliphatic heterocycles. The van der Waals surface area contributed by atoms with E-state index in [1.807, 2.05) is 37.4 Å². The predicted molar refractivity (Wildman–Crippen MR) is 97.2 cm³/mol. The van der Waals surface area contributed by atoms with Gasteiger partial charge in [-0.2, -0.15) is 11.8 Å². The van der Waals surface area contributed by atoms with Crippen LogP contribution in [0.15, 0.2) is 0 Å². The predicted octanol–water partition coefficient (Wildman–Crippen LogP) is 2.99. The Morgan fingerprint density at radius 2 is 2.13 bits per heavy atom. The van der Waals surface area contributed by atoms with Crippen molar-refractivity contribution in [1.29, 1.82) is 0 Å². The van der Waals surface area contributed by atoms with Crippen LogP contribution in [0.4, 0.5) is 4.79 Å². The van der Waals surface area contributed by atoms with E-state index >= 15 is 0 Å². The van der Waals surface area contributed by atoms with Gasteiger partial charge in [0.15, 0.2) is 0 Å². The van der Waals surface area contributed by atoms with Crippen molar-refractivity contribution >= 4 is 17.9 Å². The van der Waals surface area contributed by atoms with E-state index in [1.165, 1.54) is 0 Å². The average Bonchev–Trinajstić information content (AvgIpc) is 2.44. The van der Waals surface area contributed by atoms with Crippen LogP contribution in [0.25, 0.3) is 0 Å². The topological polar surface area (TPSA) is 50.8 Å². The first-order valence-electron chi connectivity index (χ1n) is 8.52. The first-order chi connectivity index (χ1) is 10.7. The van der Waals surface area contributed by atoms with E-state index in [1.54, 1.807) is 0 Å². The van der Waals surface area contributed by atoms with Crippen LogP contribution in [0.1, 0.15) is 41.0 Å². The van der Waals surface area contributed by atoms with E-state index in [-0.39, 0.29) is 12.1 Å². The third-order valence-corrected chi connectivity index (χ3v) is 4.65. The summed E-state index contributed by atoms with van der Waals surface area (Å²) in [6, 6.07) is 0.424. The lowest BCUT2D eigenvalue weighted by Crippen LogP contribution is -2.52. The smallest absolute Gasteiger partial charge is 0.410 e. The van der Waals surface area contributed by atoms with E-state index in [2.05, 4.69) is 25.4 Å². The monoisotopic (exact) mass is 346 g/mol. The number of morpholine rings is 1. The van der Waals surface area contributed by atoms with Crippen LogP contribution in [-0.4, -0.2) is 67.0 Å². The van der Waals surface area contributed by atoms with Gasteiger partial charge in [0.05, 0.1) is 19.3 Å². The molecule has 0 aromatic heterocycles. The number of rotatable bonds is 7. The molecule has 1 heterocycles. The molecule has 1 aliphatic rings. The molecule has 1 N–H and O–H groups in total. The highest BCUT2D eigenvalue weighted by molar-refractivity contribution is 7.98. The Kier molecular flexibility index (Phi) is 8.72. The Labute approximate surface area is 145 Å². The number of carbonyl (C=O) groups excluding carboxylic acids is 1. The second-order valence-corrected chi connectivity index (χ2v) is 8.42. The molecule has 0 bridgehead atoms. The highest BCUT2D eigenvalue weighted by atomic mass is 32.2. The van der Waals surface area contributed by atoms with Crippen molar-refractivity contribution in [2.75, 3.05) is 38.3 Å². The molecule has 0 aromatic rings. The van der Waals surface area contributed by atoms with Crippen molar-refractivity contribution in [2.45, 2.75) is 58.7 Å². The first-order valence-corrected chi connectivity index (χ1v) is 9.92. The van der Waals surface area contributed by atoms with E-state index in [4.69, 9.17) is 9.47 Å². The lowest BCUT2D eigenvalue weighted by atomic mass is 10.1. The summed E-state index contributed by atoms with van der Waals surface area (Å²) in [6.07, 6.45) is 2.79. The molecule has 1 saturated heterocycles. The van der Waals surface area contributed by atoms with Gasteiger partial charge < -0.3 is 19.7 Å². The standard InChI is InChI=1S/C17H34N2O3S/c1-13(12-23-6)10-18-14(2)9-15-11-21-8-7-19(15)16(20)22-17(3,4)5/h13-15,18H,7-12H2,1-6H3/t13-,14+,15-/m1/s1. The van der Waals surface area contributed by atoms with Crippen molar-refractivity contribution < 1.29 is 14.3 Å². The maximum Gasteiger partial charge on any atom is 0.410 e. The molecule has 136 valence electrons. The molecule has 1 rings (SSSR count). The number of thioether (sulfide) groups is 1. The Morgan fingerprint density at radius 1 is 1.43 bits per heavy atom. The van der Waals surface area contributed by atoms with Crippen LogP contribution in [0, 0.1) is 5.92 Å². The molecule has 0 aromatic carbocycles. The normalized spacial score (nSPS) is 21.8. The summed E-state index contributed by atoms with van der Waals surface area (Å²) in [5.74, 6) is 1.81. The highest BCUT2D eigenvalue weighted by Gasteiger charge is 2.31. The fourth-order valence-electron chi connectivity index (χ4n) is 2.65. The fraction of sp³-hybridized carbons (Fsp3) is 0.941. The maximum atomic E-state index is 12.4. The first kappa shape index (κ1) is 20.6. The minimum Gasteiger partial charge on any atom is -0.444 e. The minimum absolute atomic E-state index is 0.0805. The quantitative estimate of drug-likeness (QED) is 0.768. The number of hydrogen-bond acceptors (Lipinski definition) is 5. The molecular weight excluding hydrogens is 312 g/mol. The maximum absolute atomic E-state index is 12.4. The molecule has 23 heavy (non-hydrogen) atoms. The van der Waals surface area contributed by atoms with Crippen molar-refractivity contribution in [2.24, 2.45) is 5.92 Å². The molecule has 5 nitrogen and oxygen atoms in total. The number of nitrogens with one attached hydrogen (secondary N) is 1. The second-order valence-electron chi connectivity index (χ2n) is 7.51. The van der Waals surface area contributed by atoms with Crippen molar-refractivity contribution in [3.63, 3.8) is 0 Å². The summed E-state index contributed by atoms with van der Waals surface area (Å²) in [5.41, 5.74) is -0.461. The summed E-state index contributed by atoms with van der Waals surface area (Å²) in [5, 5.41) is 3.57. The van der Waals surface area contributed by atoms with Gasteiger partial charge >= 0.3 is 6.09 Å². The van der Waals surface area contributed by atoms with E-state index < -0.39 is 5.60 Å².